The zero-order valence-electron chi connectivity index (χ0n) is 21.2. The Morgan fingerprint density at radius 3 is 1.36 bits per heavy atom. The SMILES string of the molecule is CC(/C=C/c1ccc(F)cc1)Nc1ccccc1.Cc1ccc(/C=C/C(C)Nc2ccccc2)cc1. The molecule has 2 atom stereocenters. The first-order valence-corrected chi connectivity index (χ1v) is 12.3. The summed E-state index contributed by atoms with van der Waals surface area (Å²) in [4.78, 5) is 0. The van der Waals surface area contributed by atoms with Gasteiger partial charge < -0.3 is 10.6 Å². The van der Waals surface area contributed by atoms with Crippen LogP contribution in [0.4, 0.5) is 15.8 Å². The molecule has 36 heavy (non-hydrogen) atoms. The predicted molar refractivity (Wildman–Crippen MR) is 155 cm³/mol. The predicted octanol–water partition coefficient (Wildman–Crippen LogP) is 8.85. The molecule has 0 radical (unpaired) electrons. The molecule has 0 bridgehead atoms. The van der Waals surface area contributed by atoms with Gasteiger partial charge in [-0.15, -0.1) is 0 Å². The van der Waals surface area contributed by atoms with Gasteiger partial charge in [0.1, 0.15) is 5.82 Å². The molecule has 4 aromatic carbocycles. The van der Waals surface area contributed by atoms with Crippen LogP contribution in [-0.4, -0.2) is 12.1 Å². The van der Waals surface area contributed by atoms with E-state index in [4.69, 9.17) is 0 Å². The van der Waals surface area contributed by atoms with Crippen molar-refractivity contribution >= 4 is 23.5 Å². The Hall–Kier alpha value is -4.11. The Kier molecular flexibility index (Phi) is 10.5. The summed E-state index contributed by atoms with van der Waals surface area (Å²) in [6.07, 6.45) is 8.37. The van der Waals surface area contributed by atoms with Crippen LogP contribution in [0.15, 0.2) is 121 Å². The van der Waals surface area contributed by atoms with Crippen molar-refractivity contribution in [2.45, 2.75) is 32.9 Å². The summed E-state index contributed by atoms with van der Waals surface area (Å²) in [5.74, 6) is -0.206. The van der Waals surface area contributed by atoms with Crippen LogP contribution in [0.1, 0.15) is 30.5 Å². The van der Waals surface area contributed by atoms with Gasteiger partial charge in [-0.25, -0.2) is 4.39 Å². The number of nitrogens with one attached hydrogen (secondary N) is 2. The van der Waals surface area contributed by atoms with Crippen molar-refractivity contribution in [2.75, 3.05) is 10.6 Å². The molecule has 2 N–H and O–H groups in total. The minimum absolute atomic E-state index is 0.206. The van der Waals surface area contributed by atoms with Crippen molar-refractivity contribution in [3.05, 3.63) is 144 Å². The lowest BCUT2D eigenvalue weighted by molar-refractivity contribution is 0.628. The quantitative estimate of drug-likeness (QED) is 0.264. The highest BCUT2D eigenvalue weighted by molar-refractivity contribution is 5.53. The van der Waals surface area contributed by atoms with Crippen LogP contribution in [0.2, 0.25) is 0 Å². The molecule has 3 heteroatoms. The number of benzene rings is 4. The fourth-order valence-electron chi connectivity index (χ4n) is 3.45. The molecule has 0 spiro atoms. The van der Waals surface area contributed by atoms with E-state index in [1.54, 1.807) is 12.1 Å². The molecular formula is C33H35FN2. The molecule has 0 fully saturated rings. The molecule has 0 aliphatic carbocycles. The Morgan fingerprint density at radius 2 is 0.944 bits per heavy atom. The summed E-state index contributed by atoms with van der Waals surface area (Å²) < 4.78 is 12.7. The van der Waals surface area contributed by atoms with Crippen LogP contribution in [0.25, 0.3) is 12.2 Å². The monoisotopic (exact) mass is 478 g/mol. The van der Waals surface area contributed by atoms with E-state index in [0.29, 0.717) is 6.04 Å². The standard InChI is InChI=1S/C17H19N.C16H16FN/c1-14-8-11-16(12-9-14)13-10-15(2)18-17-6-4-3-5-7-17;1-13(18-16-5-3-2-4-6-16)7-8-14-9-11-15(17)12-10-14/h3-13,15,18H,1-2H3;2-13,18H,1H3/b13-10+;8-7+. The van der Waals surface area contributed by atoms with Gasteiger partial charge >= 0.3 is 0 Å². The number of aryl methyl sites for hydroxylation is 1. The van der Waals surface area contributed by atoms with E-state index >= 15 is 0 Å². The van der Waals surface area contributed by atoms with E-state index in [9.17, 15) is 4.39 Å². The third kappa shape index (κ3) is 10.0. The molecule has 0 saturated carbocycles. The lowest BCUT2D eigenvalue weighted by atomic mass is 10.1. The van der Waals surface area contributed by atoms with E-state index in [1.165, 1.54) is 23.3 Å². The first kappa shape index (κ1) is 26.5. The number of halogens is 1. The molecule has 2 nitrogen and oxygen atoms in total. The molecule has 2 unspecified atom stereocenters. The third-order valence-corrected chi connectivity index (χ3v) is 5.44. The van der Waals surface area contributed by atoms with E-state index in [2.05, 4.69) is 86.0 Å². The Morgan fingerprint density at radius 1 is 0.556 bits per heavy atom. The van der Waals surface area contributed by atoms with Gasteiger partial charge in [0.15, 0.2) is 0 Å². The largest absolute Gasteiger partial charge is 0.379 e. The smallest absolute Gasteiger partial charge is 0.123 e. The molecular weight excluding hydrogens is 443 g/mol. The maximum absolute atomic E-state index is 12.7. The molecule has 4 aromatic rings. The third-order valence-electron chi connectivity index (χ3n) is 5.44. The number of hydrogen-bond acceptors (Lipinski definition) is 2. The highest BCUT2D eigenvalue weighted by Gasteiger charge is 1.97. The Bertz CT molecular complexity index is 1100. The Labute approximate surface area is 215 Å². The van der Waals surface area contributed by atoms with Crippen LogP contribution >= 0.6 is 0 Å². The summed E-state index contributed by atoms with van der Waals surface area (Å²) in [6.45, 7) is 6.33. The van der Waals surface area contributed by atoms with Gasteiger partial charge in [0.2, 0.25) is 0 Å². The second-order valence-corrected chi connectivity index (χ2v) is 8.78. The topological polar surface area (TPSA) is 24.1 Å². The van der Waals surface area contributed by atoms with Crippen LogP contribution in [-0.2, 0) is 0 Å². The van der Waals surface area contributed by atoms with Crippen LogP contribution in [0.5, 0.6) is 0 Å². The average molecular weight is 479 g/mol. The number of para-hydroxylation sites is 2. The molecule has 0 amide bonds. The minimum Gasteiger partial charge on any atom is -0.379 e. The van der Waals surface area contributed by atoms with Gasteiger partial charge in [-0.1, -0.05) is 103 Å². The highest BCUT2D eigenvalue weighted by atomic mass is 19.1. The number of rotatable bonds is 8. The summed E-state index contributed by atoms with van der Waals surface area (Å²) in [7, 11) is 0. The maximum atomic E-state index is 12.7. The van der Waals surface area contributed by atoms with Crippen molar-refractivity contribution in [2.24, 2.45) is 0 Å². The molecule has 0 aromatic heterocycles. The van der Waals surface area contributed by atoms with Gasteiger partial charge in [-0.05, 0) is 68.3 Å². The van der Waals surface area contributed by atoms with E-state index in [-0.39, 0.29) is 11.9 Å². The molecule has 184 valence electrons. The number of hydrogen-bond donors (Lipinski definition) is 2. The Balaban J connectivity index is 0.000000201. The zero-order chi connectivity index (χ0) is 25.6. The van der Waals surface area contributed by atoms with Crippen LogP contribution in [0.3, 0.4) is 0 Å². The second kappa shape index (κ2) is 14.3. The lowest BCUT2D eigenvalue weighted by Crippen LogP contribution is -2.11. The summed E-state index contributed by atoms with van der Waals surface area (Å²) >= 11 is 0. The number of anilines is 2. The fourth-order valence-corrected chi connectivity index (χ4v) is 3.45. The van der Waals surface area contributed by atoms with Gasteiger partial charge in [-0.3, -0.25) is 0 Å². The van der Waals surface area contributed by atoms with Crippen molar-refractivity contribution in [1.82, 2.24) is 0 Å². The van der Waals surface area contributed by atoms with E-state index in [0.717, 1.165) is 16.9 Å². The molecule has 4 rings (SSSR count). The minimum atomic E-state index is -0.206. The van der Waals surface area contributed by atoms with Gasteiger partial charge in [-0.2, -0.15) is 0 Å². The summed E-state index contributed by atoms with van der Waals surface area (Å²) in [5.41, 5.74) is 5.77. The van der Waals surface area contributed by atoms with Gasteiger partial charge in [0.25, 0.3) is 0 Å². The van der Waals surface area contributed by atoms with Gasteiger partial charge in [0, 0.05) is 23.5 Å². The molecule has 0 aliphatic rings. The summed E-state index contributed by atoms with van der Waals surface area (Å²) in [6, 6.07) is 35.9. The lowest BCUT2D eigenvalue weighted by Gasteiger charge is -2.10. The first-order valence-electron chi connectivity index (χ1n) is 12.3. The first-order chi connectivity index (χ1) is 17.5. The molecule has 0 saturated heterocycles. The maximum Gasteiger partial charge on any atom is 0.123 e. The molecule has 0 aliphatic heterocycles. The van der Waals surface area contributed by atoms with Crippen molar-refractivity contribution < 1.29 is 4.39 Å². The summed E-state index contributed by atoms with van der Waals surface area (Å²) in [5, 5.41) is 6.80. The van der Waals surface area contributed by atoms with Crippen molar-refractivity contribution in [3.63, 3.8) is 0 Å². The molecule has 0 heterocycles. The fraction of sp³-hybridized carbons (Fsp3) is 0.152. The highest BCUT2D eigenvalue weighted by Crippen LogP contribution is 2.11. The van der Waals surface area contributed by atoms with E-state index < -0.39 is 0 Å². The normalized spacial score (nSPS) is 12.6. The van der Waals surface area contributed by atoms with Gasteiger partial charge in [0.05, 0.1) is 0 Å². The second-order valence-electron chi connectivity index (χ2n) is 8.78. The zero-order valence-corrected chi connectivity index (χ0v) is 21.2. The van der Waals surface area contributed by atoms with Crippen LogP contribution < -0.4 is 10.6 Å². The van der Waals surface area contributed by atoms with Crippen LogP contribution in [0, 0.1) is 12.7 Å². The average Bonchev–Trinajstić information content (AvgIpc) is 2.90. The van der Waals surface area contributed by atoms with Crippen molar-refractivity contribution in [1.29, 1.82) is 0 Å². The van der Waals surface area contributed by atoms with Crippen molar-refractivity contribution in [3.8, 4) is 0 Å². The van der Waals surface area contributed by atoms with E-state index in [1.807, 2.05) is 54.6 Å².